The van der Waals surface area contributed by atoms with Crippen LogP contribution in [0.1, 0.15) is 51.4 Å². The summed E-state index contributed by atoms with van der Waals surface area (Å²) in [6.07, 6.45) is 12.7. The van der Waals surface area contributed by atoms with Crippen LogP contribution in [0, 0.1) is 0 Å². The first-order valence-electron chi connectivity index (χ1n) is 6.75. The van der Waals surface area contributed by atoms with E-state index < -0.39 is 0 Å². The predicted molar refractivity (Wildman–Crippen MR) is 75.5 cm³/mol. The zero-order chi connectivity index (χ0) is 12.8. The maximum Gasteiger partial charge on any atom is 0.136 e. The minimum atomic E-state index is 0.0221. The highest BCUT2D eigenvalue weighted by Gasteiger charge is 2.04. The molecule has 0 heterocycles. The van der Waals surface area contributed by atoms with E-state index >= 15 is 0 Å². The van der Waals surface area contributed by atoms with Crippen LogP contribution in [0.3, 0.4) is 0 Å². The van der Waals surface area contributed by atoms with Crippen molar-refractivity contribution in [3.05, 3.63) is 12.7 Å². The smallest absolute Gasteiger partial charge is 0.136 e. The van der Waals surface area contributed by atoms with Crippen molar-refractivity contribution >= 4 is 9.52 Å². The average molecular weight is 256 g/mol. The Bertz CT molecular complexity index is 158. The van der Waals surface area contributed by atoms with E-state index in [0.29, 0.717) is 0 Å². The second-order valence-electron chi connectivity index (χ2n) is 4.31. The molecule has 0 aromatic rings. The zero-order valence-electron chi connectivity index (χ0n) is 11.5. The number of unbranched alkanes of at least 4 members (excludes halogenated alkanes) is 7. The third-order valence-corrected chi connectivity index (χ3v) is 4.27. The fraction of sp³-hybridized carbons (Fsp3) is 0.857. The molecule has 0 aliphatic heterocycles. The average Bonchev–Trinajstić information content (AvgIpc) is 2.36. The lowest BCUT2D eigenvalue weighted by molar-refractivity contribution is -0.0441. The molecule has 0 fully saturated rings. The first-order chi connectivity index (χ1) is 8.35. The van der Waals surface area contributed by atoms with Crippen LogP contribution < -0.4 is 0 Å². The minimum absolute atomic E-state index is 0.0221. The van der Waals surface area contributed by atoms with Crippen molar-refractivity contribution in [2.45, 2.75) is 63.3 Å². The lowest BCUT2D eigenvalue weighted by Crippen LogP contribution is -2.20. The summed E-state index contributed by atoms with van der Waals surface area (Å²) in [6.45, 7) is 3.74. The van der Waals surface area contributed by atoms with Gasteiger partial charge in [-0.25, -0.2) is 0 Å². The molecule has 0 aliphatic rings. The van der Waals surface area contributed by atoms with E-state index in [1.807, 2.05) is 6.08 Å². The van der Waals surface area contributed by atoms with Gasteiger partial charge in [0.25, 0.3) is 0 Å². The Morgan fingerprint density at radius 3 is 2.00 bits per heavy atom. The standard InChI is InChI=1S/C14H28O2Si/c1-4-5-6-7-8-9-10-11-12-13-17-14(15-2)16-3/h4,14H,1,5-13H2,2-3H3. The molecule has 0 saturated heterocycles. The monoisotopic (exact) mass is 256 g/mol. The normalized spacial score (nSPS) is 11.0. The molecule has 2 nitrogen and oxygen atoms in total. The Morgan fingerprint density at radius 1 is 0.941 bits per heavy atom. The van der Waals surface area contributed by atoms with Crippen molar-refractivity contribution < 1.29 is 9.47 Å². The largest absolute Gasteiger partial charge is 0.360 e. The van der Waals surface area contributed by atoms with E-state index in [-0.39, 0.29) is 5.91 Å². The molecule has 0 bridgehead atoms. The van der Waals surface area contributed by atoms with Crippen LogP contribution in [-0.4, -0.2) is 29.7 Å². The van der Waals surface area contributed by atoms with Gasteiger partial charge < -0.3 is 9.47 Å². The van der Waals surface area contributed by atoms with Crippen LogP contribution in [0.2, 0.25) is 6.04 Å². The summed E-state index contributed by atoms with van der Waals surface area (Å²) in [5, 5.41) is 0. The number of hydrogen-bond donors (Lipinski definition) is 0. The molecular weight excluding hydrogens is 228 g/mol. The molecular formula is C14H28O2Si. The Morgan fingerprint density at radius 2 is 1.47 bits per heavy atom. The summed E-state index contributed by atoms with van der Waals surface area (Å²) >= 11 is 0. The molecule has 0 unspecified atom stereocenters. The second-order valence-corrected chi connectivity index (χ2v) is 5.69. The van der Waals surface area contributed by atoms with Crippen LogP contribution >= 0.6 is 0 Å². The highest BCUT2D eigenvalue weighted by Crippen LogP contribution is 2.10. The molecule has 0 N–H and O–H groups in total. The van der Waals surface area contributed by atoms with Gasteiger partial charge in [0, 0.05) is 14.2 Å². The van der Waals surface area contributed by atoms with Crippen LogP contribution in [0.5, 0.6) is 0 Å². The van der Waals surface area contributed by atoms with Crippen molar-refractivity contribution in [3.8, 4) is 0 Å². The van der Waals surface area contributed by atoms with Crippen molar-refractivity contribution in [3.63, 3.8) is 0 Å². The van der Waals surface area contributed by atoms with Crippen molar-refractivity contribution in [1.29, 1.82) is 0 Å². The van der Waals surface area contributed by atoms with Crippen molar-refractivity contribution in [1.82, 2.24) is 0 Å². The summed E-state index contributed by atoms with van der Waals surface area (Å²) in [6, 6.07) is 1.24. The summed E-state index contributed by atoms with van der Waals surface area (Å²) in [5.41, 5.74) is 0. The van der Waals surface area contributed by atoms with Gasteiger partial charge in [0.2, 0.25) is 0 Å². The molecule has 0 saturated carbocycles. The van der Waals surface area contributed by atoms with Gasteiger partial charge in [0.1, 0.15) is 15.4 Å². The van der Waals surface area contributed by atoms with Gasteiger partial charge in [0.15, 0.2) is 0 Å². The van der Waals surface area contributed by atoms with E-state index in [1.165, 1.54) is 57.4 Å². The van der Waals surface area contributed by atoms with E-state index in [4.69, 9.17) is 9.47 Å². The summed E-state index contributed by atoms with van der Waals surface area (Å²) in [4.78, 5) is 0. The van der Waals surface area contributed by atoms with Gasteiger partial charge in [-0.1, -0.05) is 50.6 Å². The van der Waals surface area contributed by atoms with E-state index in [0.717, 1.165) is 9.52 Å². The Labute approximate surface area is 110 Å². The topological polar surface area (TPSA) is 18.5 Å². The number of ether oxygens (including phenoxy) is 2. The minimum Gasteiger partial charge on any atom is -0.360 e. The Hall–Kier alpha value is -0.123. The third kappa shape index (κ3) is 12.1. The molecule has 0 amide bonds. The Balaban J connectivity index is 3.05. The zero-order valence-corrected chi connectivity index (χ0v) is 12.5. The van der Waals surface area contributed by atoms with Gasteiger partial charge in [-0.2, -0.15) is 0 Å². The van der Waals surface area contributed by atoms with Crippen LogP contribution in [-0.2, 0) is 9.47 Å². The maximum atomic E-state index is 5.16. The summed E-state index contributed by atoms with van der Waals surface area (Å²) in [5.74, 6) is 0.0221. The summed E-state index contributed by atoms with van der Waals surface area (Å²) in [7, 11) is 4.21. The van der Waals surface area contributed by atoms with E-state index in [1.54, 1.807) is 14.2 Å². The van der Waals surface area contributed by atoms with E-state index in [9.17, 15) is 0 Å². The second kappa shape index (κ2) is 13.9. The van der Waals surface area contributed by atoms with Crippen LogP contribution in [0.25, 0.3) is 0 Å². The molecule has 0 rings (SSSR count). The fourth-order valence-corrected chi connectivity index (χ4v) is 2.80. The quantitative estimate of drug-likeness (QED) is 0.215. The number of allylic oxidation sites excluding steroid dienone is 1. The lowest BCUT2D eigenvalue weighted by Gasteiger charge is -2.11. The van der Waals surface area contributed by atoms with Gasteiger partial charge in [-0.05, 0) is 12.8 Å². The molecule has 0 atom stereocenters. The highest BCUT2D eigenvalue weighted by molar-refractivity contribution is 6.36. The fourth-order valence-electron chi connectivity index (χ4n) is 1.78. The van der Waals surface area contributed by atoms with Gasteiger partial charge in [-0.3, -0.25) is 0 Å². The summed E-state index contributed by atoms with van der Waals surface area (Å²) < 4.78 is 10.3. The van der Waals surface area contributed by atoms with E-state index in [2.05, 4.69) is 6.58 Å². The van der Waals surface area contributed by atoms with Crippen LogP contribution in [0.4, 0.5) is 0 Å². The molecule has 0 aromatic carbocycles. The molecule has 17 heavy (non-hydrogen) atoms. The molecule has 0 spiro atoms. The van der Waals surface area contributed by atoms with Gasteiger partial charge in [-0.15, -0.1) is 6.58 Å². The Kier molecular flexibility index (Phi) is 13.8. The first kappa shape index (κ1) is 16.9. The number of methoxy groups -OCH3 is 2. The molecule has 0 aliphatic carbocycles. The maximum absolute atomic E-state index is 5.16. The number of rotatable bonds is 13. The lowest BCUT2D eigenvalue weighted by atomic mass is 10.1. The molecule has 3 heteroatoms. The first-order valence-corrected chi connectivity index (χ1v) is 8.03. The predicted octanol–water partition coefficient (Wildman–Crippen LogP) is 3.99. The molecule has 2 radical (unpaired) electrons. The van der Waals surface area contributed by atoms with Crippen molar-refractivity contribution in [2.24, 2.45) is 0 Å². The third-order valence-electron chi connectivity index (χ3n) is 2.82. The van der Waals surface area contributed by atoms with Crippen molar-refractivity contribution in [2.75, 3.05) is 14.2 Å². The number of hydrogen-bond acceptors (Lipinski definition) is 2. The van der Waals surface area contributed by atoms with Gasteiger partial charge >= 0.3 is 0 Å². The highest BCUT2D eigenvalue weighted by atomic mass is 28.2. The molecule has 0 aromatic heterocycles. The molecule has 100 valence electrons. The van der Waals surface area contributed by atoms with Crippen LogP contribution in [0.15, 0.2) is 12.7 Å². The van der Waals surface area contributed by atoms with Gasteiger partial charge in [0.05, 0.1) is 0 Å². The SMILES string of the molecule is C=CCCCCCCCCC[Si]C(OC)OC.